The van der Waals surface area contributed by atoms with Gasteiger partial charge in [0.1, 0.15) is 10.7 Å². The molecule has 0 saturated carbocycles. The molecule has 1 aliphatic carbocycles. The zero-order valence-electron chi connectivity index (χ0n) is 20.6. The minimum Gasteiger partial charge on any atom is -0.465 e. The topological polar surface area (TPSA) is 104 Å². The first-order chi connectivity index (χ1) is 17.9. The van der Waals surface area contributed by atoms with Crippen LogP contribution in [0.5, 0.6) is 0 Å². The summed E-state index contributed by atoms with van der Waals surface area (Å²) in [6, 6.07) is 7.91. The number of esters is 1. The standard InChI is InChI=1S/C25H25ClN6O3S2/c1-14-8-10-15(11-9-14)32-22(21-17(26)12-31(2)30-21)28-29-25(32)36-13-19(33)27-23-20(24(34)35-3)16-6-4-5-7-18(16)37-23/h8-12H,4-7,13H2,1-3H3,(H,27,33). The van der Waals surface area contributed by atoms with E-state index in [9.17, 15) is 9.59 Å². The number of halogens is 1. The average Bonchev–Trinajstić information content (AvgIpc) is 3.56. The first kappa shape index (κ1) is 25.5. The molecule has 1 N–H and O–H groups in total. The summed E-state index contributed by atoms with van der Waals surface area (Å²) >= 11 is 9.12. The number of aromatic nitrogens is 5. The lowest BCUT2D eigenvalue weighted by Gasteiger charge is -2.12. The average molecular weight is 557 g/mol. The van der Waals surface area contributed by atoms with Crippen molar-refractivity contribution in [2.45, 2.75) is 37.8 Å². The lowest BCUT2D eigenvalue weighted by molar-refractivity contribution is -0.113. The van der Waals surface area contributed by atoms with E-state index >= 15 is 0 Å². The van der Waals surface area contributed by atoms with Crippen molar-refractivity contribution in [3.63, 3.8) is 0 Å². The summed E-state index contributed by atoms with van der Waals surface area (Å²) in [4.78, 5) is 26.7. The van der Waals surface area contributed by atoms with Gasteiger partial charge in [0.05, 0.1) is 23.4 Å². The number of nitrogens with zero attached hydrogens (tertiary/aromatic N) is 5. The Hall–Kier alpha value is -3.15. The number of methoxy groups -OCH3 is 1. The minimum atomic E-state index is -0.418. The molecular formula is C25H25ClN6O3S2. The summed E-state index contributed by atoms with van der Waals surface area (Å²) in [5.41, 5.74) is 3.93. The van der Waals surface area contributed by atoms with Crippen LogP contribution in [0.4, 0.5) is 5.00 Å². The van der Waals surface area contributed by atoms with Gasteiger partial charge < -0.3 is 10.1 Å². The molecule has 1 amide bonds. The molecule has 0 bridgehead atoms. The Labute approximate surface area is 227 Å². The van der Waals surface area contributed by atoms with Gasteiger partial charge in [0.25, 0.3) is 0 Å². The van der Waals surface area contributed by atoms with E-state index in [-0.39, 0.29) is 11.7 Å². The number of anilines is 1. The van der Waals surface area contributed by atoms with Crippen molar-refractivity contribution in [3.05, 3.63) is 57.1 Å². The van der Waals surface area contributed by atoms with Crippen LogP contribution >= 0.6 is 34.7 Å². The predicted octanol–water partition coefficient (Wildman–Crippen LogP) is 5.09. The van der Waals surface area contributed by atoms with E-state index in [2.05, 4.69) is 20.6 Å². The van der Waals surface area contributed by atoms with Crippen LogP contribution in [0, 0.1) is 6.92 Å². The number of benzene rings is 1. The lowest BCUT2D eigenvalue weighted by Crippen LogP contribution is -2.17. The fourth-order valence-electron chi connectivity index (χ4n) is 4.32. The molecule has 9 nitrogen and oxygen atoms in total. The maximum absolute atomic E-state index is 13.0. The smallest absolute Gasteiger partial charge is 0.341 e. The van der Waals surface area contributed by atoms with E-state index in [1.54, 1.807) is 17.9 Å². The monoisotopic (exact) mass is 556 g/mol. The highest BCUT2D eigenvalue weighted by Gasteiger charge is 2.27. The molecule has 1 aliphatic rings. The van der Waals surface area contributed by atoms with Gasteiger partial charge in [-0.25, -0.2) is 4.79 Å². The van der Waals surface area contributed by atoms with Crippen molar-refractivity contribution in [3.8, 4) is 17.2 Å². The third kappa shape index (κ3) is 5.16. The number of hydrogen-bond acceptors (Lipinski definition) is 8. The molecule has 1 aromatic carbocycles. The molecule has 0 atom stereocenters. The summed E-state index contributed by atoms with van der Waals surface area (Å²) < 4.78 is 8.47. The number of amides is 1. The first-order valence-corrected chi connectivity index (χ1v) is 13.9. The number of fused-ring (bicyclic) bond motifs is 1. The van der Waals surface area contributed by atoms with Gasteiger partial charge in [-0.05, 0) is 50.3 Å². The second kappa shape index (κ2) is 10.7. The number of carbonyl (C=O) groups is 2. The summed E-state index contributed by atoms with van der Waals surface area (Å²) in [6.07, 6.45) is 5.53. The largest absolute Gasteiger partial charge is 0.465 e. The summed E-state index contributed by atoms with van der Waals surface area (Å²) in [6.45, 7) is 2.01. The van der Waals surface area contributed by atoms with Crippen molar-refractivity contribution in [2.24, 2.45) is 7.05 Å². The lowest BCUT2D eigenvalue weighted by atomic mass is 9.95. The molecule has 3 heterocycles. The number of hydrogen-bond donors (Lipinski definition) is 1. The van der Waals surface area contributed by atoms with Crippen molar-refractivity contribution in [2.75, 3.05) is 18.2 Å². The van der Waals surface area contributed by atoms with Crippen LogP contribution in [-0.2, 0) is 29.4 Å². The van der Waals surface area contributed by atoms with E-state index in [4.69, 9.17) is 16.3 Å². The molecule has 4 aromatic rings. The maximum Gasteiger partial charge on any atom is 0.341 e. The van der Waals surface area contributed by atoms with Crippen LogP contribution in [0.15, 0.2) is 35.6 Å². The summed E-state index contributed by atoms with van der Waals surface area (Å²) in [5, 5.41) is 17.6. The molecule has 0 spiro atoms. The van der Waals surface area contributed by atoms with E-state index in [0.717, 1.165) is 47.4 Å². The Balaban J connectivity index is 1.41. The molecule has 12 heteroatoms. The Kier molecular flexibility index (Phi) is 7.36. The third-order valence-corrected chi connectivity index (χ3v) is 8.48. The van der Waals surface area contributed by atoms with Crippen LogP contribution in [-0.4, -0.2) is 49.3 Å². The third-order valence-electron chi connectivity index (χ3n) is 6.07. The van der Waals surface area contributed by atoms with E-state index in [1.807, 2.05) is 35.8 Å². The molecule has 37 heavy (non-hydrogen) atoms. The van der Waals surface area contributed by atoms with Crippen LogP contribution < -0.4 is 5.32 Å². The molecule has 0 fully saturated rings. The van der Waals surface area contributed by atoms with Gasteiger partial charge >= 0.3 is 5.97 Å². The van der Waals surface area contributed by atoms with Gasteiger partial charge in [0.2, 0.25) is 5.91 Å². The Bertz CT molecular complexity index is 1470. The minimum absolute atomic E-state index is 0.0725. The summed E-state index contributed by atoms with van der Waals surface area (Å²) in [7, 11) is 3.15. The predicted molar refractivity (Wildman–Crippen MR) is 145 cm³/mol. The zero-order valence-corrected chi connectivity index (χ0v) is 23.0. The number of thioether (sulfide) groups is 1. The van der Waals surface area contributed by atoms with Crippen molar-refractivity contribution < 1.29 is 14.3 Å². The Morgan fingerprint density at radius 3 is 2.65 bits per heavy atom. The van der Waals surface area contributed by atoms with Gasteiger partial charge in [-0.15, -0.1) is 21.5 Å². The fraction of sp³-hybridized carbons (Fsp3) is 0.320. The number of nitrogens with one attached hydrogen (secondary N) is 1. The van der Waals surface area contributed by atoms with Crippen LogP contribution in [0.2, 0.25) is 5.02 Å². The van der Waals surface area contributed by atoms with Crippen molar-refractivity contribution in [1.82, 2.24) is 24.5 Å². The normalized spacial score (nSPS) is 12.9. The van der Waals surface area contributed by atoms with Gasteiger partial charge in [0.15, 0.2) is 11.0 Å². The first-order valence-electron chi connectivity index (χ1n) is 11.7. The highest BCUT2D eigenvalue weighted by Crippen LogP contribution is 2.39. The van der Waals surface area contributed by atoms with E-state index in [1.165, 1.54) is 30.2 Å². The van der Waals surface area contributed by atoms with Gasteiger partial charge in [-0.2, -0.15) is 5.10 Å². The van der Waals surface area contributed by atoms with Crippen molar-refractivity contribution >= 4 is 51.6 Å². The SMILES string of the molecule is COC(=O)c1c(NC(=O)CSc2nnc(-c3nn(C)cc3Cl)n2-c2ccc(C)cc2)sc2c1CCCC2. The number of rotatable bonds is 7. The molecule has 5 rings (SSSR count). The highest BCUT2D eigenvalue weighted by atomic mass is 35.5. The zero-order chi connectivity index (χ0) is 26.1. The van der Waals surface area contributed by atoms with Gasteiger partial charge in [0, 0.05) is 23.8 Å². The number of thiophene rings is 1. The van der Waals surface area contributed by atoms with Crippen molar-refractivity contribution in [1.29, 1.82) is 0 Å². The Morgan fingerprint density at radius 2 is 1.95 bits per heavy atom. The van der Waals surface area contributed by atoms with E-state index < -0.39 is 5.97 Å². The molecule has 0 saturated heterocycles. The second-order valence-corrected chi connectivity index (χ2v) is 11.2. The van der Waals surface area contributed by atoms with Gasteiger partial charge in [-0.1, -0.05) is 41.1 Å². The molecule has 0 radical (unpaired) electrons. The number of carbonyl (C=O) groups excluding carboxylic acids is 2. The second-order valence-electron chi connectivity index (χ2n) is 8.72. The number of ether oxygens (including phenoxy) is 1. The Morgan fingerprint density at radius 1 is 1.19 bits per heavy atom. The molecule has 0 unspecified atom stereocenters. The van der Waals surface area contributed by atoms with Gasteiger partial charge in [-0.3, -0.25) is 14.0 Å². The molecule has 3 aromatic heterocycles. The van der Waals surface area contributed by atoms with Crippen LogP contribution in [0.3, 0.4) is 0 Å². The van der Waals surface area contributed by atoms with E-state index in [0.29, 0.717) is 32.3 Å². The molecular weight excluding hydrogens is 532 g/mol. The number of aryl methyl sites for hydroxylation is 3. The maximum atomic E-state index is 13.0. The fourth-order valence-corrected chi connectivity index (χ4v) is 6.63. The molecule has 0 aliphatic heterocycles. The van der Waals surface area contributed by atoms with Crippen LogP contribution in [0.25, 0.3) is 17.2 Å². The quantitative estimate of drug-likeness (QED) is 0.250. The van der Waals surface area contributed by atoms with Crippen LogP contribution in [0.1, 0.15) is 39.2 Å². The highest BCUT2D eigenvalue weighted by molar-refractivity contribution is 7.99. The molecule has 192 valence electrons. The summed E-state index contributed by atoms with van der Waals surface area (Å²) in [5.74, 6) is -0.109.